The van der Waals surface area contributed by atoms with Crippen LogP contribution in [0.5, 0.6) is 0 Å². The van der Waals surface area contributed by atoms with E-state index in [1.165, 1.54) is 0 Å². The van der Waals surface area contributed by atoms with Crippen LogP contribution in [0.25, 0.3) is 11.0 Å². The van der Waals surface area contributed by atoms with E-state index in [1.807, 2.05) is 19.1 Å². The molecule has 2 saturated heterocycles. The van der Waals surface area contributed by atoms with E-state index in [-0.39, 0.29) is 0 Å². The topological polar surface area (TPSA) is 90.2 Å². The number of aryl methyl sites for hydroxylation is 1. The minimum atomic E-state index is -0.415. The number of ether oxygens (including phenoxy) is 2. The third-order valence-electron chi connectivity index (χ3n) is 5.99. The van der Waals surface area contributed by atoms with Crippen molar-refractivity contribution in [2.75, 3.05) is 36.5 Å². The molecule has 2 aliphatic heterocycles. The average molecular weight is 424 g/mol. The van der Waals surface area contributed by atoms with Crippen molar-refractivity contribution in [3.05, 3.63) is 30.4 Å². The number of hydrogen-bond donors (Lipinski definition) is 1. The number of nitrogens with one attached hydrogen (secondary N) is 1. The molecule has 9 nitrogen and oxygen atoms in total. The summed E-state index contributed by atoms with van der Waals surface area (Å²) in [5.74, 6) is 2.73. The molecule has 0 radical (unpaired) electrons. The zero-order valence-corrected chi connectivity index (χ0v) is 18.3. The summed E-state index contributed by atoms with van der Waals surface area (Å²) in [6.07, 6.45) is 6.21. The highest BCUT2D eigenvalue weighted by atomic mass is 16.7. The van der Waals surface area contributed by atoms with Gasteiger partial charge in [-0.15, -0.1) is 0 Å². The Morgan fingerprint density at radius 3 is 2.58 bits per heavy atom. The van der Waals surface area contributed by atoms with Gasteiger partial charge < -0.3 is 24.3 Å². The zero-order chi connectivity index (χ0) is 21.4. The second-order valence-electron chi connectivity index (χ2n) is 8.50. The SMILES string of the molecule is Cc1nc2cnc(Nc3ccnc(N4CCC5(CC4)OCCCO5)n3)cc2n1C(C)C. The second kappa shape index (κ2) is 8.05. The van der Waals surface area contributed by atoms with Gasteiger partial charge in [0.25, 0.3) is 0 Å². The Labute approximate surface area is 181 Å². The maximum atomic E-state index is 5.94. The van der Waals surface area contributed by atoms with Gasteiger partial charge in [-0.1, -0.05) is 0 Å². The van der Waals surface area contributed by atoms with Gasteiger partial charge in [0.15, 0.2) is 5.79 Å². The summed E-state index contributed by atoms with van der Waals surface area (Å²) in [5.41, 5.74) is 1.96. The third-order valence-corrected chi connectivity index (χ3v) is 5.99. The molecule has 0 atom stereocenters. The predicted octanol–water partition coefficient (Wildman–Crippen LogP) is 3.59. The minimum absolute atomic E-state index is 0.324. The van der Waals surface area contributed by atoms with E-state index in [2.05, 4.69) is 43.6 Å². The highest BCUT2D eigenvalue weighted by Gasteiger charge is 2.38. The molecule has 0 unspecified atom stereocenters. The van der Waals surface area contributed by atoms with Gasteiger partial charge in [-0.2, -0.15) is 4.98 Å². The van der Waals surface area contributed by atoms with Crippen LogP contribution in [0.4, 0.5) is 17.6 Å². The summed E-state index contributed by atoms with van der Waals surface area (Å²) in [4.78, 5) is 20.5. The lowest BCUT2D eigenvalue weighted by Crippen LogP contribution is -2.50. The maximum Gasteiger partial charge on any atom is 0.227 e. The second-order valence-corrected chi connectivity index (χ2v) is 8.50. The first-order chi connectivity index (χ1) is 15.0. The normalized spacial score (nSPS) is 18.8. The first-order valence-electron chi connectivity index (χ1n) is 11.0. The number of fused-ring (bicyclic) bond motifs is 1. The number of nitrogens with zero attached hydrogens (tertiary/aromatic N) is 6. The zero-order valence-electron chi connectivity index (χ0n) is 18.3. The van der Waals surface area contributed by atoms with E-state index < -0.39 is 5.79 Å². The number of pyridine rings is 1. The molecule has 3 aromatic heterocycles. The van der Waals surface area contributed by atoms with Gasteiger partial charge in [0.2, 0.25) is 5.95 Å². The van der Waals surface area contributed by atoms with Crippen molar-refractivity contribution < 1.29 is 9.47 Å². The van der Waals surface area contributed by atoms with Crippen LogP contribution in [0, 0.1) is 6.92 Å². The Morgan fingerprint density at radius 2 is 1.84 bits per heavy atom. The van der Waals surface area contributed by atoms with Crippen molar-refractivity contribution in [3.63, 3.8) is 0 Å². The van der Waals surface area contributed by atoms with E-state index in [0.717, 1.165) is 74.1 Å². The molecule has 2 fully saturated rings. The van der Waals surface area contributed by atoms with Gasteiger partial charge in [-0.25, -0.2) is 15.0 Å². The molecule has 1 N–H and O–H groups in total. The molecule has 0 aromatic carbocycles. The Kier molecular flexibility index (Phi) is 5.23. The van der Waals surface area contributed by atoms with Crippen LogP contribution in [-0.2, 0) is 9.47 Å². The lowest BCUT2D eigenvalue weighted by Gasteiger charge is -2.43. The Morgan fingerprint density at radius 1 is 1.06 bits per heavy atom. The van der Waals surface area contributed by atoms with Crippen molar-refractivity contribution in [2.24, 2.45) is 0 Å². The van der Waals surface area contributed by atoms with Gasteiger partial charge in [-0.05, 0) is 33.3 Å². The van der Waals surface area contributed by atoms with Gasteiger partial charge in [0.1, 0.15) is 23.0 Å². The van der Waals surface area contributed by atoms with Crippen molar-refractivity contribution in [3.8, 4) is 0 Å². The molecule has 0 amide bonds. The van der Waals surface area contributed by atoms with Crippen molar-refractivity contribution in [1.29, 1.82) is 0 Å². The smallest absolute Gasteiger partial charge is 0.227 e. The van der Waals surface area contributed by atoms with E-state index in [1.54, 1.807) is 12.4 Å². The summed E-state index contributed by atoms with van der Waals surface area (Å²) < 4.78 is 14.1. The van der Waals surface area contributed by atoms with Gasteiger partial charge >= 0.3 is 0 Å². The van der Waals surface area contributed by atoms with E-state index >= 15 is 0 Å². The fourth-order valence-corrected chi connectivity index (χ4v) is 4.49. The molecular formula is C22H29N7O2. The molecule has 3 aromatic rings. The maximum absolute atomic E-state index is 5.94. The molecule has 0 bridgehead atoms. The minimum Gasteiger partial charge on any atom is -0.350 e. The molecule has 31 heavy (non-hydrogen) atoms. The Balaban J connectivity index is 1.32. The summed E-state index contributed by atoms with van der Waals surface area (Å²) >= 11 is 0. The van der Waals surface area contributed by atoms with Crippen LogP contribution < -0.4 is 10.2 Å². The van der Waals surface area contributed by atoms with Crippen LogP contribution in [0.3, 0.4) is 0 Å². The van der Waals surface area contributed by atoms with Crippen molar-refractivity contribution in [1.82, 2.24) is 24.5 Å². The molecule has 1 spiro atoms. The quantitative estimate of drug-likeness (QED) is 0.681. The lowest BCUT2D eigenvalue weighted by atomic mass is 10.0. The predicted molar refractivity (Wildman–Crippen MR) is 119 cm³/mol. The Hall–Kier alpha value is -2.78. The molecular weight excluding hydrogens is 394 g/mol. The number of rotatable bonds is 4. The van der Waals surface area contributed by atoms with Crippen LogP contribution in [-0.4, -0.2) is 56.6 Å². The highest BCUT2D eigenvalue weighted by Crippen LogP contribution is 2.32. The van der Waals surface area contributed by atoms with Gasteiger partial charge in [-0.3, -0.25) is 0 Å². The Bertz CT molecular complexity index is 1060. The third kappa shape index (κ3) is 3.95. The number of aromatic nitrogens is 5. The summed E-state index contributed by atoms with van der Waals surface area (Å²) in [7, 11) is 0. The number of anilines is 3. The van der Waals surface area contributed by atoms with Crippen LogP contribution in [0.15, 0.2) is 24.5 Å². The fourth-order valence-electron chi connectivity index (χ4n) is 4.49. The molecule has 164 valence electrons. The van der Waals surface area contributed by atoms with Crippen molar-refractivity contribution >= 4 is 28.6 Å². The van der Waals surface area contributed by atoms with E-state index in [0.29, 0.717) is 12.0 Å². The fraction of sp³-hybridized carbons (Fsp3) is 0.545. The first-order valence-corrected chi connectivity index (χ1v) is 11.0. The summed E-state index contributed by atoms with van der Waals surface area (Å²) in [6, 6.07) is 4.21. The van der Waals surface area contributed by atoms with Crippen LogP contribution in [0.2, 0.25) is 0 Å². The first kappa shape index (κ1) is 20.1. The molecule has 0 aliphatic carbocycles. The van der Waals surface area contributed by atoms with Gasteiger partial charge in [0, 0.05) is 44.2 Å². The van der Waals surface area contributed by atoms with Crippen LogP contribution in [0.1, 0.15) is 45.0 Å². The highest BCUT2D eigenvalue weighted by molar-refractivity contribution is 5.79. The number of hydrogen-bond acceptors (Lipinski definition) is 8. The van der Waals surface area contributed by atoms with Crippen molar-refractivity contribution in [2.45, 2.75) is 51.9 Å². The van der Waals surface area contributed by atoms with E-state index in [9.17, 15) is 0 Å². The largest absolute Gasteiger partial charge is 0.350 e. The molecule has 5 heterocycles. The number of imidazole rings is 1. The van der Waals surface area contributed by atoms with Gasteiger partial charge in [0.05, 0.1) is 24.9 Å². The molecule has 5 rings (SSSR count). The molecule has 9 heteroatoms. The summed E-state index contributed by atoms with van der Waals surface area (Å²) in [5, 5.41) is 3.33. The number of piperidine rings is 1. The molecule has 2 aliphatic rings. The van der Waals surface area contributed by atoms with E-state index in [4.69, 9.17) is 14.5 Å². The summed E-state index contributed by atoms with van der Waals surface area (Å²) in [6.45, 7) is 9.51. The lowest BCUT2D eigenvalue weighted by molar-refractivity contribution is -0.275. The molecule has 0 saturated carbocycles. The van der Waals surface area contributed by atoms with Crippen LogP contribution >= 0.6 is 0 Å². The monoisotopic (exact) mass is 423 g/mol. The average Bonchev–Trinajstić information content (AvgIpc) is 3.10. The standard InChI is InChI=1S/C22H29N7O2/c1-15(2)29-16(3)25-17-14-24-20(13-18(17)29)26-19-5-8-23-21(27-19)28-9-6-22(7-10-28)30-11-4-12-31-22/h5,8,13-15H,4,6-7,9-12H2,1-3H3,(H,23,24,26,27).